The SMILES string of the molecule is CN(C)[C@]1(C)C[C@H]2[C@@H](CC1=NO)C2(C)C. The second kappa shape index (κ2) is 2.97. The summed E-state index contributed by atoms with van der Waals surface area (Å²) in [4.78, 5) is 2.19. The zero-order valence-corrected chi connectivity index (χ0v) is 10.4. The molecule has 0 aromatic carbocycles. The maximum atomic E-state index is 9.14. The summed E-state index contributed by atoms with van der Waals surface area (Å²) in [7, 11) is 4.14. The molecule has 0 radical (unpaired) electrons. The molecule has 0 aliphatic heterocycles. The Morgan fingerprint density at radius 1 is 1.27 bits per heavy atom. The zero-order chi connectivity index (χ0) is 11.4. The molecule has 0 spiro atoms. The van der Waals surface area contributed by atoms with E-state index in [1.165, 1.54) is 0 Å². The quantitative estimate of drug-likeness (QED) is 0.532. The average Bonchev–Trinajstić information content (AvgIpc) is 2.66. The van der Waals surface area contributed by atoms with Gasteiger partial charge in [-0.3, -0.25) is 4.90 Å². The van der Waals surface area contributed by atoms with Crippen molar-refractivity contribution in [2.24, 2.45) is 22.4 Å². The monoisotopic (exact) mass is 210 g/mol. The molecule has 2 saturated carbocycles. The molecule has 0 unspecified atom stereocenters. The number of hydrogen-bond donors (Lipinski definition) is 1. The van der Waals surface area contributed by atoms with Crippen molar-refractivity contribution in [2.75, 3.05) is 14.1 Å². The van der Waals surface area contributed by atoms with E-state index in [0.717, 1.165) is 30.4 Å². The Morgan fingerprint density at radius 2 is 1.87 bits per heavy atom. The summed E-state index contributed by atoms with van der Waals surface area (Å²) in [6.45, 7) is 6.85. The standard InChI is InChI=1S/C12H22N2O/c1-11(2)8-6-10(13-15)12(3,14(4)5)7-9(8)11/h8-9,15H,6-7H2,1-5H3/t8-,9+,12-/m1/s1. The van der Waals surface area contributed by atoms with Gasteiger partial charge in [0.1, 0.15) is 0 Å². The van der Waals surface area contributed by atoms with Crippen molar-refractivity contribution in [3.63, 3.8) is 0 Å². The van der Waals surface area contributed by atoms with Gasteiger partial charge < -0.3 is 5.21 Å². The molecule has 0 heterocycles. The van der Waals surface area contributed by atoms with Gasteiger partial charge in [-0.2, -0.15) is 0 Å². The number of fused-ring (bicyclic) bond motifs is 1. The second-order valence-corrected chi connectivity index (χ2v) is 6.16. The van der Waals surface area contributed by atoms with Crippen LogP contribution in [0.5, 0.6) is 0 Å². The maximum absolute atomic E-state index is 9.14. The minimum absolute atomic E-state index is 0.0519. The van der Waals surface area contributed by atoms with Crippen LogP contribution in [0.3, 0.4) is 0 Å². The first-order valence-electron chi connectivity index (χ1n) is 5.73. The summed E-state index contributed by atoms with van der Waals surface area (Å²) in [5.41, 5.74) is 1.35. The molecule has 2 aliphatic rings. The first-order valence-corrected chi connectivity index (χ1v) is 5.73. The van der Waals surface area contributed by atoms with E-state index < -0.39 is 0 Å². The van der Waals surface area contributed by atoms with Crippen LogP contribution in [-0.2, 0) is 0 Å². The fraction of sp³-hybridized carbons (Fsp3) is 0.917. The van der Waals surface area contributed by atoms with Crippen LogP contribution in [0.4, 0.5) is 0 Å². The van der Waals surface area contributed by atoms with Crippen molar-refractivity contribution >= 4 is 5.71 Å². The summed E-state index contributed by atoms with van der Waals surface area (Å²) in [6, 6.07) is 0. The lowest BCUT2D eigenvalue weighted by Crippen LogP contribution is -2.51. The van der Waals surface area contributed by atoms with Crippen LogP contribution in [-0.4, -0.2) is 35.5 Å². The average molecular weight is 210 g/mol. The van der Waals surface area contributed by atoms with E-state index in [-0.39, 0.29) is 5.54 Å². The molecule has 2 fully saturated rings. The molecule has 2 aliphatic carbocycles. The van der Waals surface area contributed by atoms with Gasteiger partial charge in [-0.05, 0) is 51.1 Å². The first kappa shape index (κ1) is 10.9. The normalized spacial score (nSPS) is 45.6. The molecule has 0 bridgehead atoms. The Hall–Kier alpha value is -0.570. The van der Waals surface area contributed by atoms with E-state index in [1.54, 1.807) is 0 Å². The molecule has 0 aromatic rings. The summed E-state index contributed by atoms with van der Waals surface area (Å²) in [6.07, 6.45) is 2.08. The smallest absolute Gasteiger partial charge is 0.0773 e. The molecule has 1 N–H and O–H groups in total. The van der Waals surface area contributed by atoms with Gasteiger partial charge >= 0.3 is 0 Å². The minimum atomic E-state index is -0.0519. The van der Waals surface area contributed by atoms with Crippen LogP contribution in [0, 0.1) is 17.3 Å². The third-order valence-corrected chi connectivity index (χ3v) is 5.05. The lowest BCUT2D eigenvalue weighted by Gasteiger charge is -2.39. The number of oxime groups is 1. The van der Waals surface area contributed by atoms with Crippen molar-refractivity contribution in [3.8, 4) is 0 Å². The van der Waals surface area contributed by atoms with Gasteiger partial charge in [-0.1, -0.05) is 19.0 Å². The van der Waals surface area contributed by atoms with Crippen molar-refractivity contribution < 1.29 is 5.21 Å². The Kier molecular flexibility index (Phi) is 2.16. The summed E-state index contributed by atoms with van der Waals surface area (Å²) < 4.78 is 0. The third-order valence-electron chi connectivity index (χ3n) is 5.05. The predicted octanol–water partition coefficient (Wildman–Crippen LogP) is 2.20. The maximum Gasteiger partial charge on any atom is 0.0773 e. The highest BCUT2D eigenvalue weighted by Gasteiger charge is 2.63. The lowest BCUT2D eigenvalue weighted by molar-refractivity contribution is 0.197. The van der Waals surface area contributed by atoms with Gasteiger partial charge in [0.2, 0.25) is 0 Å². The van der Waals surface area contributed by atoms with E-state index in [0.29, 0.717) is 5.41 Å². The van der Waals surface area contributed by atoms with Crippen LogP contribution in [0.1, 0.15) is 33.6 Å². The first-order chi connectivity index (χ1) is 6.84. The molecular formula is C12H22N2O. The fourth-order valence-electron chi connectivity index (χ4n) is 3.23. The highest BCUT2D eigenvalue weighted by molar-refractivity contribution is 5.94. The van der Waals surface area contributed by atoms with E-state index in [2.05, 4.69) is 44.9 Å². The van der Waals surface area contributed by atoms with Crippen LogP contribution in [0.2, 0.25) is 0 Å². The highest BCUT2D eigenvalue weighted by Crippen LogP contribution is 2.66. The molecule has 15 heavy (non-hydrogen) atoms. The molecule has 3 heteroatoms. The molecular weight excluding hydrogens is 188 g/mol. The number of nitrogens with zero attached hydrogens (tertiary/aromatic N) is 2. The summed E-state index contributed by atoms with van der Waals surface area (Å²) in [5.74, 6) is 1.53. The summed E-state index contributed by atoms with van der Waals surface area (Å²) >= 11 is 0. The number of hydrogen-bond acceptors (Lipinski definition) is 3. The van der Waals surface area contributed by atoms with Crippen molar-refractivity contribution in [1.29, 1.82) is 0 Å². The minimum Gasteiger partial charge on any atom is -0.411 e. The van der Waals surface area contributed by atoms with Crippen molar-refractivity contribution in [3.05, 3.63) is 0 Å². The fourth-order valence-corrected chi connectivity index (χ4v) is 3.23. The van der Waals surface area contributed by atoms with E-state index in [1.807, 2.05) is 0 Å². The van der Waals surface area contributed by atoms with Gasteiger partial charge in [0.25, 0.3) is 0 Å². The summed E-state index contributed by atoms with van der Waals surface area (Å²) in [5, 5.41) is 12.7. The zero-order valence-electron chi connectivity index (χ0n) is 10.4. The van der Waals surface area contributed by atoms with Crippen LogP contribution in [0.15, 0.2) is 5.16 Å². The van der Waals surface area contributed by atoms with Crippen LogP contribution >= 0.6 is 0 Å². The Bertz CT molecular complexity index is 309. The molecule has 3 atom stereocenters. The molecule has 0 saturated heterocycles. The largest absolute Gasteiger partial charge is 0.411 e. The Labute approximate surface area is 92.1 Å². The van der Waals surface area contributed by atoms with Gasteiger partial charge in [-0.15, -0.1) is 0 Å². The molecule has 86 valence electrons. The topological polar surface area (TPSA) is 35.8 Å². The van der Waals surface area contributed by atoms with Gasteiger partial charge in [0, 0.05) is 0 Å². The van der Waals surface area contributed by atoms with Gasteiger partial charge in [0.15, 0.2) is 0 Å². The molecule has 0 amide bonds. The van der Waals surface area contributed by atoms with Crippen molar-refractivity contribution in [2.45, 2.75) is 39.2 Å². The van der Waals surface area contributed by atoms with Crippen LogP contribution in [0.25, 0.3) is 0 Å². The molecule has 2 rings (SSSR count). The van der Waals surface area contributed by atoms with Gasteiger partial charge in [-0.25, -0.2) is 0 Å². The molecule has 0 aromatic heterocycles. The van der Waals surface area contributed by atoms with E-state index in [9.17, 15) is 0 Å². The van der Waals surface area contributed by atoms with Crippen molar-refractivity contribution in [1.82, 2.24) is 4.90 Å². The third kappa shape index (κ3) is 1.32. The predicted molar refractivity (Wildman–Crippen MR) is 61.3 cm³/mol. The number of rotatable bonds is 1. The van der Waals surface area contributed by atoms with E-state index >= 15 is 0 Å². The Balaban J connectivity index is 2.27. The van der Waals surface area contributed by atoms with Gasteiger partial charge in [0.05, 0.1) is 11.3 Å². The molecule has 3 nitrogen and oxygen atoms in total. The lowest BCUT2D eigenvalue weighted by atomic mass is 9.80. The highest BCUT2D eigenvalue weighted by atomic mass is 16.4. The van der Waals surface area contributed by atoms with E-state index in [4.69, 9.17) is 5.21 Å². The Morgan fingerprint density at radius 3 is 2.33 bits per heavy atom. The second-order valence-electron chi connectivity index (χ2n) is 6.16. The van der Waals surface area contributed by atoms with Crippen LogP contribution < -0.4 is 0 Å².